The first-order valence-electron chi connectivity index (χ1n) is 7.73. The van der Waals surface area contributed by atoms with E-state index in [1.807, 2.05) is 0 Å². The summed E-state index contributed by atoms with van der Waals surface area (Å²) in [6.07, 6.45) is 6.10. The molecule has 0 unspecified atom stereocenters. The summed E-state index contributed by atoms with van der Waals surface area (Å²) in [6.45, 7) is 0.889. The summed E-state index contributed by atoms with van der Waals surface area (Å²) in [5, 5.41) is 17.1. The summed E-state index contributed by atoms with van der Waals surface area (Å²) in [5.74, 6) is -0.502. The molecule has 0 aromatic carbocycles. The van der Waals surface area contributed by atoms with Crippen LogP contribution < -0.4 is 0 Å². The lowest BCUT2D eigenvalue weighted by Crippen LogP contribution is -2.07. The van der Waals surface area contributed by atoms with Gasteiger partial charge >= 0.3 is 11.9 Å². The van der Waals surface area contributed by atoms with Crippen molar-refractivity contribution in [2.24, 2.45) is 0 Å². The molecular weight excluding hydrogens is 276 g/mol. The molecule has 6 nitrogen and oxygen atoms in total. The highest BCUT2D eigenvalue weighted by molar-refractivity contribution is 5.69. The van der Waals surface area contributed by atoms with E-state index in [9.17, 15) is 9.59 Å². The Morgan fingerprint density at radius 1 is 0.619 bits per heavy atom. The Hall–Kier alpha value is -1.14. The predicted molar refractivity (Wildman–Crippen MR) is 77.6 cm³/mol. The molecule has 0 radical (unpaired) electrons. The van der Waals surface area contributed by atoms with Crippen LogP contribution in [0.15, 0.2) is 0 Å². The molecule has 0 atom stereocenters. The highest BCUT2D eigenvalue weighted by Crippen LogP contribution is 2.05. The molecule has 0 bridgehead atoms. The van der Waals surface area contributed by atoms with E-state index in [0.717, 1.165) is 32.1 Å². The van der Waals surface area contributed by atoms with Crippen LogP contribution in [0.5, 0.6) is 0 Å². The standard InChI is InChI=1S/C15H28O6/c16-10-6-8-14(18)20-12-4-2-1-3-5-13-21-15(19)9-7-11-17/h16-17H,1-13H2. The molecule has 0 fully saturated rings. The Morgan fingerprint density at radius 2 is 1.00 bits per heavy atom. The minimum Gasteiger partial charge on any atom is -0.466 e. The van der Waals surface area contributed by atoms with Gasteiger partial charge in [-0.2, -0.15) is 0 Å². The van der Waals surface area contributed by atoms with Crippen molar-refractivity contribution in [1.82, 2.24) is 0 Å². The summed E-state index contributed by atoms with van der Waals surface area (Å²) < 4.78 is 10.0. The molecule has 0 saturated heterocycles. The van der Waals surface area contributed by atoms with Crippen molar-refractivity contribution in [3.05, 3.63) is 0 Å². The van der Waals surface area contributed by atoms with Crippen molar-refractivity contribution in [2.75, 3.05) is 26.4 Å². The Kier molecular flexibility index (Phi) is 14.4. The molecule has 0 heterocycles. The summed E-state index contributed by atoms with van der Waals surface area (Å²) in [7, 11) is 0. The van der Waals surface area contributed by atoms with Gasteiger partial charge in [0.1, 0.15) is 0 Å². The predicted octanol–water partition coefficient (Wildman–Crippen LogP) is 1.57. The molecule has 21 heavy (non-hydrogen) atoms. The molecule has 0 aliphatic heterocycles. The molecule has 2 N–H and O–H groups in total. The number of hydrogen-bond acceptors (Lipinski definition) is 6. The van der Waals surface area contributed by atoms with E-state index in [2.05, 4.69) is 0 Å². The second-order valence-corrected chi connectivity index (χ2v) is 4.86. The molecule has 0 aliphatic rings. The zero-order valence-electron chi connectivity index (χ0n) is 12.7. The van der Waals surface area contributed by atoms with Gasteiger partial charge in [0.15, 0.2) is 0 Å². The van der Waals surface area contributed by atoms with Gasteiger partial charge in [0.25, 0.3) is 0 Å². The van der Waals surface area contributed by atoms with Gasteiger partial charge in [-0.3, -0.25) is 9.59 Å². The molecule has 0 aromatic heterocycles. The molecule has 0 amide bonds. The van der Waals surface area contributed by atoms with Crippen LogP contribution >= 0.6 is 0 Å². The highest BCUT2D eigenvalue weighted by Gasteiger charge is 2.02. The number of hydrogen-bond donors (Lipinski definition) is 2. The molecule has 0 aromatic rings. The first kappa shape index (κ1) is 19.9. The normalized spacial score (nSPS) is 10.4. The third-order valence-corrected chi connectivity index (χ3v) is 2.89. The minimum atomic E-state index is -0.251. The van der Waals surface area contributed by atoms with Gasteiger partial charge in [-0.15, -0.1) is 0 Å². The van der Waals surface area contributed by atoms with Crippen molar-refractivity contribution in [1.29, 1.82) is 0 Å². The number of aliphatic hydroxyl groups excluding tert-OH is 2. The zero-order valence-corrected chi connectivity index (χ0v) is 12.7. The Morgan fingerprint density at radius 3 is 1.38 bits per heavy atom. The number of esters is 2. The molecule has 0 saturated carbocycles. The van der Waals surface area contributed by atoms with E-state index in [1.54, 1.807) is 0 Å². The van der Waals surface area contributed by atoms with Gasteiger partial charge in [0, 0.05) is 26.1 Å². The molecule has 0 rings (SSSR count). The maximum atomic E-state index is 11.1. The van der Waals surface area contributed by atoms with Crippen molar-refractivity contribution in [2.45, 2.75) is 57.8 Å². The highest BCUT2D eigenvalue weighted by atomic mass is 16.5. The van der Waals surface area contributed by atoms with Crippen LogP contribution in [0.1, 0.15) is 57.8 Å². The number of rotatable bonds is 14. The fourth-order valence-corrected chi connectivity index (χ4v) is 1.70. The van der Waals surface area contributed by atoms with Crippen LogP contribution in [0, 0.1) is 0 Å². The summed E-state index contributed by atoms with van der Waals surface area (Å²) in [6, 6.07) is 0. The third kappa shape index (κ3) is 15.1. The van der Waals surface area contributed by atoms with Crippen LogP contribution in [0.25, 0.3) is 0 Å². The topological polar surface area (TPSA) is 93.1 Å². The van der Waals surface area contributed by atoms with E-state index in [4.69, 9.17) is 19.7 Å². The maximum Gasteiger partial charge on any atom is 0.305 e. The van der Waals surface area contributed by atoms with Crippen LogP contribution in [0.4, 0.5) is 0 Å². The third-order valence-electron chi connectivity index (χ3n) is 2.89. The largest absolute Gasteiger partial charge is 0.466 e. The molecule has 124 valence electrons. The van der Waals surface area contributed by atoms with Crippen LogP contribution in [0.2, 0.25) is 0 Å². The Balaban J connectivity index is 3.19. The summed E-state index contributed by atoms with van der Waals surface area (Å²) in [4.78, 5) is 22.2. The second kappa shape index (κ2) is 15.3. The van der Waals surface area contributed by atoms with Crippen LogP contribution in [-0.4, -0.2) is 48.6 Å². The van der Waals surface area contributed by atoms with Crippen LogP contribution in [-0.2, 0) is 19.1 Å². The fourth-order valence-electron chi connectivity index (χ4n) is 1.70. The average molecular weight is 304 g/mol. The average Bonchev–Trinajstić information content (AvgIpc) is 2.49. The maximum absolute atomic E-state index is 11.1. The molecule has 0 aliphatic carbocycles. The number of carbonyl (C=O) groups is 2. The fraction of sp³-hybridized carbons (Fsp3) is 0.867. The van der Waals surface area contributed by atoms with Crippen molar-refractivity contribution in [3.8, 4) is 0 Å². The van der Waals surface area contributed by atoms with Gasteiger partial charge in [-0.1, -0.05) is 19.3 Å². The second-order valence-electron chi connectivity index (χ2n) is 4.86. The van der Waals surface area contributed by atoms with E-state index >= 15 is 0 Å². The van der Waals surface area contributed by atoms with E-state index in [0.29, 0.717) is 26.1 Å². The first-order valence-corrected chi connectivity index (χ1v) is 7.73. The van der Waals surface area contributed by atoms with Gasteiger partial charge in [-0.05, 0) is 25.7 Å². The van der Waals surface area contributed by atoms with E-state index in [-0.39, 0.29) is 38.0 Å². The number of ether oxygens (including phenoxy) is 2. The SMILES string of the molecule is O=C(CCCO)OCCCCCCCOC(=O)CCCO. The number of aliphatic hydroxyl groups is 2. The van der Waals surface area contributed by atoms with Gasteiger partial charge in [-0.25, -0.2) is 0 Å². The van der Waals surface area contributed by atoms with Crippen molar-refractivity contribution >= 4 is 11.9 Å². The molecule has 0 spiro atoms. The van der Waals surface area contributed by atoms with Crippen molar-refractivity contribution in [3.63, 3.8) is 0 Å². The Bertz CT molecular complexity index is 241. The lowest BCUT2D eigenvalue weighted by Gasteiger charge is -2.05. The Labute approximate surface area is 126 Å². The summed E-state index contributed by atoms with van der Waals surface area (Å²) >= 11 is 0. The van der Waals surface area contributed by atoms with Crippen molar-refractivity contribution < 1.29 is 29.3 Å². The summed E-state index contributed by atoms with van der Waals surface area (Å²) in [5.41, 5.74) is 0. The first-order chi connectivity index (χ1) is 10.2. The lowest BCUT2D eigenvalue weighted by molar-refractivity contribution is -0.144. The zero-order chi connectivity index (χ0) is 15.8. The van der Waals surface area contributed by atoms with Gasteiger partial charge < -0.3 is 19.7 Å². The molecular formula is C15H28O6. The van der Waals surface area contributed by atoms with E-state index in [1.165, 1.54) is 0 Å². The molecule has 6 heteroatoms. The lowest BCUT2D eigenvalue weighted by atomic mass is 10.1. The van der Waals surface area contributed by atoms with Gasteiger partial charge in [0.05, 0.1) is 13.2 Å². The van der Waals surface area contributed by atoms with E-state index < -0.39 is 0 Å². The monoisotopic (exact) mass is 304 g/mol. The quantitative estimate of drug-likeness (QED) is 0.374. The van der Waals surface area contributed by atoms with Gasteiger partial charge in [0.2, 0.25) is 0 Å². The minimum absolute atomic E-state index is 0.0136. The smallest absolute Gasteiger partial charge is 0.305 e. The number of unbranched alkanes of at least 4 members (excludes halogenated alkanes) is 4. The number of carbonyl (C=O) groups excluding carboxylic acids is 2. The van der Waals surface area contributed by atoms with Crippen LogP contribution in [0.3, 0.4) is 0 Å².